The Labute approximate surface area is 103 Å². The second-order valence-corrected chi connectivity index (χ2v) is 4.45. The summed E-state index contributed by atoms with van der Waals surface area (Å²) >= 11 is 0. The first kappa shape index (κ1) is 12.8. The van der Waals surface area contributed by atoms with Gasteiger partial charge in [-0.25, -0.2) is 8.78 Å². The van der Waals surface area contributed by atoms with Crippen molar-refractivity contribution in [3.05, 3.63) is 29.3 Å². The number of carbonyl (C=O) groups excluding carboxylic acids is 1. The number of aliphatic hydroxyl groups is 1. The minimum atomic E-state index is -0.895. The molecule has 1 aromatic carbocycles. The molecule has 3 N–H and O–H groups in total. The predicted molar refractivity (Wildman–Crippen MR) is 61.9 cm³/mol. The van der Waals surface area contributed by atoms with Gasteiger partial charge in [0, 0.05) is 25.6 Å². The van der Waals surface area contributed by atoms with E-state index in [1.54, 1.807) is 0 Å². The van der Waals surface area contributed by atoms with Crippen molar-refractivity contribution in [1.82, 2.24) is 4.90 Å². The number of likely N-dealkylation sites (tertiary alicyclic amines) is 1. The van der Waals surface area contributed by atoms with E-state index < -0.39 is 17.5 Å². The van der Waals surface area contributed by atoms with E-state index in [2.05, 4.69) is 0 Å². The lowest BCUT2D eigenvalue weighted by Gasteiger charge is -2.17. The highest BCUT2D eigenvalue weighted by Gasteiger charge is 2.28. The van der Waals surface area contributed by atoms with Crippen LogP contribution in [-0.4, -0.2) is 35.6 Å². The van der Waals surface area contributed by atoms with E-state index in [0.717, 1.165) is 12.1 Å². The van der Waals surface area contributed by atoms with Gasteiger partial charge in [0.1, 0.15) is 5.82 Å². The Morgan fingerprint density at radius 3 is 2.83 bits per heavy atom. The number of hydrogen-bond acceptors (Lipinski definition) is 3. The summed E-state index contributed by atoms with van der Waals surface area (Å²) in [4.78, 5) is 13.4. The maximum Gasteiger partial charge on any atom is 0.257 e. The third kappa shape index (κ3) is 2.28. The smallest absolute Gasteiger partial charge is 0.257 e. The van der Waals surface area contributed by atoms with Crippen molar-refractivity contribution in [3.63, 3.8) is 0 Å². The number of rotatable bonds is 2. The zero-order chi connectivity index (χ0) is 13.3. The van der Waals surface area contributed by atoms with Crippen LogP contribution in [0.1, 0.15) is 16.8 Å². The highest BCUT2D eigenvalue weighted by atomic mass is 19.1. The normalized spacial score (nSPS) is 19.3. The van der Waals surface area contributed by atoms with Gasteiger partial charge in [-0.1, -0.05) is 0 Å². The number of hydrogen-bond donors (Lipinski definition) is 2. The number of nitrogen functional groups attached to an aromatic ring is 1. The largest absolute Gasteiger partial charge is 0.396 e. The van der Waals surface area contributed by atoms with Crippen LogP contribution >= 0.6 is 0 Å². The highest BCUT2D eigenvalue weighted by Crippen LogP contribution is 2.22. The number of anilines is 1. The van der Waals surface area contributed by atoms with E-state index in [1.807, 2.05) is 0 Å². The third-order valence-corrected chi connectivity index (χ3v) is 3.13. The summed E-state index contributed by atoms with van der Waals surface area (Å²) in [6.07, 6.45) is 0.661. The zero-order valence-electron chi connectivity index (χ0n) is 9.70. The van der Waals surface area contributed by atoms with E-state index >= 15 is 0 Å². The highest BCUT2D eigenvalue weighted by molar-refractivity contribution is 5.95. The summed E-state index contributed by atoms with van der Waals surface area (Å²) in [6, 6.07) is 1.69. The molecule has 0 radical (unpaired) electrons. The number of nitrogens with two attached hydrogens (primary N) is 1. The molecule has 2 rings (SSSR count). The molecule has 1 aliphatic heterocycles. The molecule has 1 unspecified atom stereocenters. The van der Waals surface area contributed by atoms with Crippen molar-refractivity contribution in [3.8, 4) is 0 Å². The number of benzene rings is 1. The van der Waals surface area contributed by atoms with Crippen LogP contribution < -0.4 is 5.73 Å². The van der Waals surface area contributed by atoms with Gasteiger partial charge in [-0.05, 0) is 18.6 Å². The van der Waals surface area contributed by atoms with Gasteiger partial charge in [0.05, 0.1) is 11.3 Å². The van der Waals surface area contributed by atoms with Crippen LogP contribution in [0.5, 0.6) is 0 Å². The fraction of sp³-hybridized carbons (Fsp3) is 0.417. The van der Waals surface area contributed by atoms with Gasteiger partial charge >= 0.3 is 0 Å². The molecule has 0 bridgehead atoms. The van der Waals surface area contributed by atoms with Crippen molar-refractivity contribution in [2.75, 3.05) is 25.4 Å². The summed E-state index contributed by atoms with van der Waals surface area (Å²) < 4.78 is 26.8. The Bertz CT molecular complexity index is 479. The maximum absolute atomic E-state index is 13.7. The lowest BCUT2D eigenvalue weighted by atomic mass is 10.1. The van der Waals surface area contributed by atoms with Gasteiger partial charge in [-0.2, -0.15) is 0 Å². The van der Waals surface area contributed by atoms with Crippen LogP contribution in [0.15, 0.2) is 12.1 Å². The minimum absolute atomic E-state index is 0.00270. The Kier molecular flexibility index (Phi) is 3.47. The molecule has 1 amide bonds. The van der Waals surface area contributed by atoms with Gasteiger partial charge < -0.3 is 15.7 Å². The molecular weight excluding hydrogens is 242 g/mol. The average molecular weight is 256 g/mol. The van der Waals surface area contributed by atoms with Gasteiger partial charge in [-0.3, -0.25) is 4.79 Å². The van der Waals surface area contributed by atoms with Crippen molar-refractivity contribution in [1.29, 1.82) is 0 Å². The van der Waals surface area contributed by atoms with Crippen molar-refractivity contribution >= 4 is 11.6 Å². The summed E-state index contributed by atoms with van der Waals surface area (Å²) in [7, 11) is 0. The fourth-order valence-electron chi connectivity index (χ4n) is 2.10. The summed E-state index contributed by atoms with van der Waals surface area (Å²) in [5.74, 6) is -2.22. The van der Waals surface area contributed by atoms with Gasteiger partial charge in [0.15, 0.2) is 5.82 Å². The number of amides is 1. The number of aliphatic hydroxyl groups excluding tert-OH is 1. The molecule has 1 fully saturated rings. The number of carbonyl (C=O) groups is 1. The van der Waals surface area contributed by atoms with Crippen molar-refractivity contribution in [2.45, 2.75) is 6.42 Å². The summed E-state index contributed by atoms with van der Waals surface area (Å²) in [5, 5.41) is 8.99. The molecular formula is C12H14F2N2O2. The third-order valence-electron chi connectivity index (χ3n) is 3.13. The molecule has 0 saturated carbocycles. The molecule has 0 spiro atoms. The van der Waals surface area contributed by atoms with E-state index in [9.17, 15) is 13.6 Å². The number of nitrogens with zero attached hydrogens (tertiary/aromatic N) is 1. The zero-order valence-corrected chi connectivity index (χ0v) is 9.70. The monoisotopic (exact) mass is 256 g/mol. The molecule has 1 heterocycles. The standard InChI is InChI=1S/C12H14F2N2O2/c13-8-3-9(11(14)10(15)4-8)12(18)16-2-1-7(5-16)6-17/h3-4,7,17H,1-2,5-6,15H2. The first-order valence-corrected chi connectivity index (χ1v) is 5.67. The van der Waals surface area contributed by atoms with Crippen LogP contribution in [0, 0.1) is 17.6 Å². The van der Waals surface area contributed by atoms with Gasteiger partial charge in [0.25, 0.3) is 5.91 Å². The van der Waals surface area contributed by atoms with Crippen LogP contribution in [0.4, 0.5) is 14.5 Å². The van der Waals surface area contributed by atoms with Gasteiger partial charge in [-0.15, -0.1) is 0 Å². The van der Waals surface area contributed by atoms with Crippen LogP contribution in [0.3, 0.4) is 0 Å². The van der Waals surface area contributed by atoms with Crippen LogP contribution in [0.2, 0.25) is 0 Å². The average Bonchev–Trinajstić information content (AvgIpc) is 2.81. The molecule has 1 aliphatic rings. The van der Waals surface area contributed by atoms with E-state index in [0.29, 0.717) is 19.5 Å². The molecule has 1 saturated heterocycles. The molecule has 1 aromatic rings. The predicted octanol–water partition coefficient (Wildman–Crippen LogP) is 1.00. The Balaban J connectivity index is 2.24. The summed E-state index contributed by atoms with van der Waals surface area (Å²) in [5.41, 5.74) is 4.55. The van der Waals surface area contributed by atoms with Gasteiger partial charge in [0.2, 0.25) is 0 Å². The SMILES string of the molecule is Nc1cc(F)cc(C(=O)N2CCC(CO)C2)c1F. The Hall–Kier alpha value is -1.69. The molecule has 18 heavy (non-hydrogen) atoms. The lowest BCUT2D eigenvalue weighted by molar-refractivity contribution is 0.0777. The summed E-state index contributed by atoms with van der Waals surface area (Å²) in [6.45, 7) is 0.767. The maximum atomic E-state index is 13.7. The van der Waals surface area contributed by atoms with Crippen molar-refractivity contribution < 1.29 is 18.7 Å². The Morgan fingerprint density at radius 1 is 1.50 bits per heavy atom. The Morgan fingerprint density at radius 2 is 2.22 bits per heavy atom. The van der Waals surface area contributed by atoms with Crippen molar-refractivity contribution in [2.24, 2.45) is 5.92 Å². The first-order chi connectivity index (χ1) is 8.52. The molecule has 98 valence electrons. The fourth-order valence-corrected chi connectivity index (χ4v) is 2.10. The molecule has 1 atom stereocenters. The van der Waals surface area contributed by atoms with Crippen LogP contribution in [-0.2, 0) is 0 Å². The number of halogens is 2. The van der Waals surface area contributed by atoms with E-state index in [-0.39, 0.29) is 23.8 Å². The minimum Gasteiger partial charge on any atom is -0.396 e. The molecule has 4 nitrogen and oxygen atoms in total. The lowest BCUT2D eigenvalue weighted by Crippen LogP contribution is -2.30. The second-order valence-electron chi connectivity index (χ2n) is 4.45. The second kappa shape index (κ2) is 4.89. The van der Waals surface area contributed by atoms with Crippen LogP contribution in [0.25, 0.3) is 0 Å². The topological polar surface area (TPSA) is 66.6 Å². The van der Waals surface area contributed by atoms with E-state index in [1.165, 1.54) is 4.90 Å². The quantitative estimate of drug-likeness (QED) is 0.776. The van der Waals surface area contributed by atoms with E-state index in [4.69, 9.17) is 10.8 Å². The molecule has 6 heteroatoms. The molecule has 0 aliphatic carbocycles. The first-order valence-electron chi connectivity index (χ1n) is 5.67. The molecule has 0 aromatic heterocycles.